The first-order valence-corrected chi connectivity index (χ1v) is 10.2. The van der Waals surface area contributed by atoms with Gasteiger partial charge in [-0.05, 0) is 57.6 Å². The third-order valence-corrected chi connectivity index (χ3v) is 4.68. The summed E-state index contributed by atoms with van der Waals surface area (Å²) in [4.78, 5) is 26.2. The fourth-order valence-corrected chi connectivity index (χ4v) is 3.37. The van der Waals surface area contributed by atoms with E-state index in [1.165, 1.54) is 4.90 Å². The average Bonchev–Trinajstić information content (AvgIpc) is 2.68. The molecule has 1 heterocycles. The fraction of sp³-hybridized carbons (Fsp3) is 0.476. The lowest BCUT2D eigenvalue weighted by molar-refractivity contribution is -0.139. The van der Waals surface area contributed by atoms with Gasteiger partial charge in [-0.3, -0.25) is 4.79 Å². The first-order valence-electron chi connectivity index (χ1n) is 9.79. The predicted molar refractivity (Wildman–Crippen MR) is 117 cm³/mol. The van der Waals surface area contributed by atoms with Gasteiger partial charge in [0.25, 0.3) is 5.91 Å². The van der Waals surface area contributed by atoms with E-state index in [-0.39, 0.29) is 12.5 Å². The van der Waals surface area contributed by atoms with Crippen LogP contribution in [0.3, 0.4) is 0 Å². The van der Waals surface area contributed by atoms with Crippen LogP contribution in [0.2, 0.25) is 0 Å². The van der Waals surface area contributed by atoms with Crippen LogP contribution in [0, 0.1) is 0 Å². The van der Waals surface area contributed by atoms with Crippen LogP contribution in [0.1, 0.15) is 39.3 Å². The Hall–Kier alpha value is -2.81. The van der Waals surface area contributed by atoms with Crippen LogP contribution in [0.15, 0.2) is 29.5 Å². The highest BCUT2D eigenvalue weighted by atomic mass is 32.1. The van der Waals surface area contributed by atoms with E-state index >= 15 is 0 Å². The highest BCUT2D eigenvalue weighted by Gasteiger charge is 2.31. The Labute approximate surface area is 182 Å². The predicted octanol–water partition coefficient (Wildman–Crippen LogP) is 2.30. The third-order valence-electron chi connectivity index (χ3n) is 4.46. The number of thiocarbonyl (C=S) groups is 1. The van der Waals surface area contributed by atoms with Crippen molar-refractivity contribution in [3.05, 3.63) is 35.0 Å². The maximum absolute atomic E-state index is 12.6. The van der Waals surface area contributed by atoms with E-state index in [0.717, 1.165) is 5.56 Å². The molecule has 0 radical (unpaired) electrons. The van der Waals surface area contributed by atoms with Gasteiger partial charge < -0.3 is 29.7 Å². The monoisotopic (exact) mass is 435 g/mol. The van der Waals surface area contributed by atoms with Crippen LogP contribution in [-0.4, -0.2) is 55.3 Å². The largest absolute Gasteiger partial charge is 0.490 e. The summed E-state index contributed by atoms with van der Waals surface area (Å²) in [6.45, 7) is 7.75. The molecule has 0 saturated carbocycles. The van der Waals surface area contributed by atoms with Gasteiger partial charge in [-0.1, -0.05) is 6.07 Å². The van der Waals surface area contributed by atoms with Crippen molar-refractivity contribution in [3.63, 3.8) is 0 Å². The zero-order chi connectivity index (χ0) is 22.4. The molecule has 1 aliphatic heterocycles. The molecule has 0 spiro atoms. The van der Waals surface area contributed by atoms with Gasteiger partial charge in [-0.2, -0.15) is 0 Å². The zero-order valence-electron chi connectivity index (χ0n) is 18.2. The fourth-order valence-electron chi connectivity index (χ4n) is 3.10. The van der Waals surface area contributed by atoms with Crippen LogP contribution in [0.25, 0.3) is 0 Å². The van der Waals surface area contributed by atoms with Crippen LogP contribution < -0.4 is 20.1 Å². The number of rotatable bonds is 8. The number of nitrogens with zero attached hydrogens (tertiary/aromatic N) is 1. The van der Waals surface area contributed by atoms with Crippen molar-refractivity contribution < 1.29 is 23.8 Å². The molecular weight excluding hydrogens is 406 g/mol. The zero-order valence-corrected chi connectivity index (χ0v) is 19.0. The number of carbonyl (C=O) groups is 2. The number of esters is 1. The quantitative estimate of drug-likeness (QED) is 0.475. The van der Waals surface area contributed by atoms with Crippen LogP contribution in [-0.2, 0) is 14.3 Å². The summed E-state index contributed by atoms with van der Waals surface area (Å²) in [5, 5.41) is 6.50. The smallest absolute Gasteiger partial charge is 0.338 e. The van der Waals surface area contributed by atoms with Gasteiger partial charge in [0, 0.05) is 19.8 Å². The molecule has 0 bridgehead atoms. The van der Waals surface area contributed by atoms with Gasteiger partial charge in [0.05, 0.1) is 24.8 Å². The van der Waals surface area contributed by atoms with Crippen molar-refractivity contribution in [3.8, 4) is 11.5 Å². The number of hydrogen-bond donors (Lipinski definition) is 2. The molecule has 0 unspecified atom stereocenters. The number of likely N-dealkylation sites (N-methyl/N-ethyl adjacent to an activating group) is 1. The highest BCUT2D eigenvalue weighted by molar-refractivity contribution is 7.80. The number of ether oxygens (including phenoxy) is 3. The van der Waals surface area contributed by atoms with Gasteiger partial charge in [0.1, 0.15) is 0 Å². The Kier molecular flexibility index (Phi) is 8.05. The number of benzene rings is 1. The molecule has 2 atom stereocenters. The number of hydrogen-bond acceptors (Lipinski definition) is 6. The molecule has 0 fully saturated rings. The van der Waals surface area contributed by atoms with Crippen molar-refractivity contribution in [2.45, 2.75) is 39.8 Å². The van der Waals surface area contributed by atoms with E-state index in [4.69, 9.17) is 26.4 Å². The second-order valence-corrected chi connectivity index (χ2v) is 7.33. The Morgan fingerprint density at radius 1 is 1.20 bits per heavy atom. The summed E-state index contributed by atoms with van der Waals surface area (Å²) in [6, 6.07) is 4.81. The Morgan fingerprint density at radius 3 is 2.50 bits per heavy atom. The first kappa shape index (κ1) is 23.5. The molecule has 0 aliphatic carbocycles. The summed E-state index contributed by atoms with van der Waals surface area (Å²) in [5.74, 6) is 0.333. The number of allylic oxidation sites excluding steroid dienone is 1. The van der Waals surface area contributed by atoms with Crippen molar-refractivity contribution >= 4 is 29.2 Å². The molecule has 0 saturated heterocycles. The summed E-state index contributed by atoms with van der Waals surface area (Å²) >= 11 is 5.28. The van der Waals surface area contributed by atoms with Crippen molar-refractivity contribution in [2.75, 3.05) is 27.3 Å². The number of amides is 1. The summed E-state index contributed by atoms with van der Waals surface area (Å²) in [7, 11) is 3.35. The topological polar surface area (TPSA) is 89.1 Å². The van der Waals surface area contributed by atoms with Crippen molar-refractivity contribution in [1.29, 1.82) is 0 Å². The second kappa shape index (κ2) is 10.3. The van der Waals surface area contributed by atoms with E-state index < -0.39 is 18.1 Å². The maximum atomic E-state index is 12.6. The van der Waals surface area contributed by atoms with Gasteiger partial charge in [0.2, 0.25) is 0 Å². The van der Waals surface area contributed by atoms with Crippen LogP contribution >= 0.6 is 12.2 Å². The number of carbonyl (C=O) groups excluding carboxylic acids is 2. The Bertz CT molecular complexity index is 853. The first-order chi connectivity index (χ1) is 14.2. The molecular formula is C21H29N3O5S. The van der Waals surface area contributed by atoms with E-state index in [1.807, 2.05) is 13.0 Å². The molecule has 0 aromatic heterocycles. The van der Waals surface area contributed by atoms with E-state index in [9.17, 15) is 9.59 Å². The summed E-state index contributed by atoms with van der Waals surface area (Å²) < 4.78 is 16.8. The lowest BCUT2D eigenvalue weighted by Crippen LogP contribution is -2.45. The summed E-state index contributed by atoms with van der Waals surface area (Å²) in [6.07, 6.45) is -0.674. The molecule has 1 amide bonds. The normalized spacial score (nSPS) is 16.9. The standard InChI is InChI=1S/C21H29N3O5S/c1-7-27-16-11-14(9-10-15(16)29-13(4)19(25)24(5)6)18-17(20(26)28-8-2)12(3)22-21(30)23-18/h9-11,13,18H,7-8H2,1-6H3,(H2,22,23,30)/t13-,18+/m0/s1. The third kappa shape index (κ3) is 5.41. The lowest BCUT2D eigenvalue weighted by atomic mass is 9.95. The van der Waals surface area contributed by atoms with Gasteiger partial charge in [-0.15, -0.1) is 0 Å². The maximum Gasteiger partial charge on any atom is 0.338 e. The number of nitrogens with one attached hydrogen (secondary N) is 2. The average molecular weight is 436 g/mol. The minimum Gasteiger partial charge on any atom is -0.490 e. The van der Waals surface area contributed by atoms with E-state index in [0.29, 0.717) is 34.5 Å². The van der Waals surface area contributed by atoms with Crippen LogP contribution in [0.4, 0.5) is 0 Å². The lowest BCUT2D eigenvalue weighted by Gasteiger charge is -2.30. The van der Waals surface area contributed by atoms with E-state index in [2.05, 4.69) is 10.6 Å². The SMILES string of the molecule is CCOC(=O)C1=C(C)NC(=S)N[C@@H]1c1ccc(O[C@@H](C)C(=O)N(C)C)c(OCC)c1. The van der Waals surface area contributed by atoms with Crippen molar-refractivity contribution in [1.82, 2.24) is 15.5 Å². The molecule has 2 rings (SSSR count). The molecule has 2 N–H and O–H groups in total. The molecule has 8 nitrogen and oxygen atoms in total. The Balaban J connectivity index is 2.42. The van der Waals surface area contributed by atoms with Gasteiger partial charge in [-0.25, -0.2) is 4.79 Å². The second-order valence-electron chi connectivity index (χ2n) is 6.92. The highest BCUT2D eigenvalue weighted by Crippen LogP contribution is 2.35. The summed E-state index contributed by atoms with van der Waals surface area (Å²) in [5.41, 5.74) is 1.83. The minimum absolute atomic E-state index is 0.157. The van der Waals surface area contributed by atoms with Gasteiger partial charge >= 0.3 is 5.97 Å². The van der Waals surface area contributed by atoms with Gasteiger partial charge in [0.15, 0.2) is 22.7 Å². The molecule has 164 valence electrons. The molecule has 1 aromatic carbocycles. The molecule has 1 aromatic rings. The van der Waals surface area contributed by atoms with Crippen molar-refractivity contribution in [2.24, 2.45) is 0 Å². The van der Waals surface area contributed by atoms with E-state index in [1.54, 1.807) is 47.0 Å². The Morgan fingerprint density at radius 2 is 1.90 bits per heavy atom. The molecule has 9 heteroatoms. The minimum atomic E-state index is -0.674. The molecule has 1 aliphatic rings. The molecule has 30 heavy (non-hydrogen) atoms. The van der Waals surface area contributed by atoms with Crippen LogP contribution in [0.5, 0.6) is 11.5 Å².